The minimum Gasteiger partial charge on any atom is -0.290 e. The standard InChI is InChI=1S/C27H27N3OS2/c1-18-13-14-19(2)23(15-18)25-20(17-29(28-25)21-9-5-3-6-10-21)16-24-26(31)30(27(32)33-24)22-11-7-4-8-12-22/h3,5-6,9-10,13-17,22H,4,7-8,11-12H2,1-2H3/b24-16+. The number of thiocarbonyl (C=S) groups is 1. The molecular formula is C27H27N3OS2. The zero-order chi connectivity index (χ0) is 22.9. The highest BCUT2D eigenvalue weighted by molar-refractivity contribution is 8.26. The normalized spacial score (nSPS) is 18.5. The molecule has 4 nitrogen and oxygen atoms in total. The molecule has 0 radical (unpaired) electrons. The molecule has 1 aromatic heterocycles. The molecule has 2 aromatic carbocycles. The van der Waals surface area contributed by atoms with Gasteiger partial charge in [-0.25, -0.2) is 4.68 Å². The first-order chi connectivity index (χ1) is 16.0. The summed E-state index contributed by atoms with van der Waals surface area (Å²) in [6.07, 6.45) is 9.66. The van der Waals surface area contributed by atoms with Crippen molar-refractivity contribution in [1.29, 1.82) is 0 Å². The van der Waals surface area contributed by atoms with Crippen molar-refractivity contribution in [3.8, 4) is 16.9 Å². The van der Waals surface area contributed by atoms with E-state index in [0.29, 0.717) is 9.23 Å². The number of carbonyl (C=O) groups excluding carboxylic acids is 1. The van der Waals surface area contributed by atoms with Gasteiger partial charge in [-0.15, -0.1) is 0 Å². The first-order valence-corrected chi connectivity index (χ1v) is 12.7. The molecule has 1 saturated carbocycles. The number of nitrogens with zero attached hydrogens (tertiary/aromatic N) is 3. The lowest BCUT2D eigenvalue weighted by Gasteiger charge is -2.29. The van der Waals surface area contributed by atoms with Gasteiger partial charge in [0.05, 0.1) is 10.6 Å². The summed E-state index contributed by atoms with van der Waals surface area (Å²) in [5.41, 5.74) is 6.21. The van der Waals surface area contributed by atoms with E-state index in [1.807, 2.05) is 52.2 Å². The summed E-state index contributed by atoms with van der Waals surface area (Å²) in [6.45, 7) is 4.19. The molecule has 0 N–H and O–H groups in total. The number of aromatic nitrogens is 2. The van der Waals surface area contributed by atoms with Gasteiger partial charge in [0.15, 0.2) is 0 Å². The first-order valence-electron chi connectivity index (χ1n) is 11.5. The zero-order valence-corrected chi connectivity index (χ0v) is 20.6. The molecule has 33 heavy (non-hydrogen) atoms. The Bertz CT molecular complexity index is 1240. The number of para-hydroxylation sites is 1. The second-order valence-corrected chi connectivity index (χ2v) is 10.6. The van der Waals surface area contributed by atoms with E-state index < -0.39 is 0 Å². The Kier molecular flexibility index (Phi) is 6.21. The van der Waals surface area contributed by atoms with Crippen LogP contribution < -0.4 is 0 Å². The van der Waals surface area contributed by atoms with Gasteiger partial charge in [-0.2, -0.15) is 5.10 Å². The van der Waals surface area contributed by atoms with Crippen molar-refractivity contribution in [3.63, 3.8) is 0 Å². The average Bonchev–Trinajstić information content (AvgIpc) is 3.37. The van der Waals surface area contributed by atoms with Gasteiger partial charge in [-0.3, -0.25) is 9.69 Å². The second-order valence-electron chi connectivity index (χ2n) is 8.88. The third kappa shape index (κ3) is 4.42. The van der Waals surface area contributed by atoms with Crippen LogP contribution in [0.15, 0.2) is 59.6 Å². The molecule has 0 unspecified atom stereocenters. The van der Waals surface area contributed by atoms with Crippen LogP contribution in [0.1, 0.15) is 48.8 Å². The molecule has 2 aliphatic rings. The van der Waals surface area contributed by atoms with Crippen LogP contribution in [0.4, 0.5) is 0 Å². The summed E-state index contributed by atoms with van der Waals surface area (Å²) < 4.78 is 2.58. The van der Waals surface area contributed by atoms with Crippen molar-refractivity contribution in [2.75, 3.05) is 0 Å². The van der Waals surface area contributed by atoms with Gasteiger partial charge >= 0.3 is 0 Å². The number of aryl methyl sites for hydroxylation is 2. The molecule has 0 bridgehead atoms. The van der Waals surface area contributed by atoms with Gasteiger partial charge in [-0.05, 0) is 56.5 Å². The highest BCUT2D eigenvalue weighted by Gasteiger charge is 2.37. The van der Waals surface area contributed by atoms with E-state index in [1.165, 1.54) is 36.6 Å². The molecule has 1 saturated heterocycles. The van der Waals surface area contributed by atoms with E-state index >= 15 is 0 Å². The lowest BCUT2D eigenvalue weighted by atomic mass is 9.94. The Labute approximate surface area is 204 Å². The van der Waals surface area contributed by atoms with Gasteiger partial charge in [0.2, 0.25) is 0 Å². The van der Waals surface area contributed by atoms with Crippen molar-refractivity contribution in [1.82, 2.24) is 14.7 Å². The van der Waals surface area contributed by atoms with Gasteiger partial charge in [0.25, 0.3) is 5.91 Å². The molecule has 1 aliphatic heterocycles. The molecule has 6 heteroatoms. The Balaban J connectivity index is 1.58. The minimum atomic E-state index is 0.0382. The van der Waals surface area contributed by atoms with Crippen molar-refractivity contribution in [2.45, 2.75) is 52.0 Å². The van der Waals surface area contributed by atoms with Crippen molar-refractivity contribution < 1.29 is 4.79 Å². The van der Waals surface area contributed by atoms with Crippen LogP contribution in [-0.4, -0.2) is 30.9 Å². The fourth-order valence-electron chi connectivity index (χ4n) is 4.68. The molecule has 168 valence electrons. The van der Waals surface area contributed by atoms with Crippen LogP contribution in [0.25, 0.3) is 23.0 Å². The largest absolute Gasteiger partial charge is 0.290 e. The van der Waals surface area contributed by atoms with Crippen molar-refractivity contribution >= 4 is 40.3 Å². The van der Waals surface area contributed by atoms with Crippen LogP contribution >= 0.6 is 24.0 Å². The Hall–Kier alpha value is -2.70. The maximum absolute atomic E-state index is 13.4. The second kappa shape index (κ2) is 9.27. The Morgan fingerprint density at radius 3 is 2.58 bits per heavy atom. The number of carbonyl (C=O) groups is 1. The summed E-state index contributed by atoms with van der Waals surface area (Å²) in [6, 6.07) is 16.7. The highest BCUT2D eigenvalue weighted by atomic mass is 32.2. The number of benzene rings is 2. The van der Waals surface area contributed by atoms with Crippen LogP contribution in [0.2, 0.25) is 0 Å². The average molecular weight is 474 g/mol. The van der Waals surface area contributed by atoms with Crippen LogP contribution in [0.3, 0.4) is 0 Å². The quantitative estimate of drug-likeness (QED) is 0.312. The topological polar surface area (TPSA) is 38.1 Å². The third-order valence-corrected chi connectivity index (χ3v) is 7.79. The predicted octanol–water partition coefficient (Wildman–Crippen LogP) is 6.69. The lowest BCUT2D eigenvalue weighted by molar-refractivity contribution is -0.124. The fourth-order valence-corrected chi connectivity index (χ4v) is 6.07. The zero-order valence-electron chi connectivity index (χ0n) is 19.0. The number of amides is 1. The summed E-state index contributed by atoms with van der Waals surface area (Å²) >= 11 is 7.06. The summed E-state index contributed by atoms with van der Waals surface area (Å²) in [4.78, 5) is 15.9. The monoisotopic (exact) mass is 473 g/mol. The maximum atomic E-state index is 13.4. The molecular weight excluding hydrogens is 446 g/mol. The predicted molar refractivity (Wildman–Crippen MR) is 140 cm³/mol. The van der Waals surface area contributed by atoms with Crippen LogP contribution in [0.5, 0.6) is 0 Å². The number of thioether (sulfide) groups is 1. The number of hydrogen-bond donors (Lipinski definition) is 0. The van der Waals surface area contributed by atoms with E-state index in [1.54, 1.807) is 0 Å². The summed E-state index contributed by atoms with van der Waals surface area (Å²) in [5, 5.41) is 4.95. The van der Waals surface area contributed by atoms with Crippen molar-refractivity contribution in [2.24, 2.45) is 0 Å². The van der Waals surface area contributed by atoms with E-state index in [2.05, 4.69) is 32.0 Å². The molecule has 2 heterocycles. The molecule has 5 rings (SSSR count). The minimum absolute atomic E-state index is 0.0382. The highest BCUT2D eigenvalue weighted by Crippen LogP contribution is 2.39. The Morgan fingerprint density at radius 1 is 1.06 bits per heavy atom. The molecule has 1 aliphatic carbocycles. The van der Waals surface area contributed by atoms with Crippen molar-refractivity contribution in [3.05, 3.63) is 76.3 Å². The fraction of sp³-hybridized carbons (Fsp3) is 0.296. The SMILES string of the molecule is Cc1ccc(C)c(-c2nn(-c3ccccc3)cc2/C=C2/SC(=S)N(C3CCCCC3)C2=O)c1. The smallest absolute Gasteiger partial charge is 0.266 e. The number of hydrogen-bond acceptors (Lipinski definition) is 4. The van der Waals surface area contributed by atoms with Gasteiger partial charge in [-0.1, -0.05) is 79.1 Å². The van der Waals surface area contributed by atoms with E-state index in [-0.39, 0.29) is 11.9 Å². The van der Waals surface area contributed by atoms with Gasteiger partial charge in [0, 0.05) is 23.4 Å². The van der Waals surface area contributed by atoms with Gasteiger partial charge in [0.1, 0.15) is 10.0 Å². The third-order valence-electron chi connectivity index (χ3n) is 6.46. The molecule has 0 spiro atoms. The summed E-state index contributed by atoms with van der Waals surface area (Å²) in [5.74, 6) is 0.0382. The van der Waals surface area contributed by atoms with E-state index in [4.69, 9.17) is 17.3 Å². The van der Waals surface area contributed by atoms with Crippen LogP contribution in [0, 0.1) is 13.8 Å². The first kappa shape index (κ1) is 22.1. The van der Waals surface area contributed by atoms with E-state index in [0.717, 1.165) is 40.9 Å². The molecule has 2 fully saturated rings. The Morgan fingerprint density at radius 2 is 1.82 bits per heavy atom. The molecule has 1 amide bonds. The maximum Gasteiger partial charge on any atom is 0.266 e. The molecule has 0 atom stereocenters. The molecule has 3 aromatic rings. The summed E-state index contributed by atoms with van der Waals surface area (Å²) in [7, 11) is 0. The van der Waals surface area contributed by atoms with E-state index in [9.17, 15) is 4.79 Å². The number of rotatable bonds is 4. The van der Waals surface area contributed by atoms with Gasteiger partial charge < -0.3 is 0 Å². The van der Waals surface area contributed by atoms with Crippen LogP contribution in [-0.2, 0) is 4.79 Å². The lowest BCUT2D eigenvalue weighted by Crippen LogP contribution is -2.39.